The van der Waals surface area contributed by atoms with Gasteiger partial charge in [0.1, 0.15) is 0 Å². The summed E-state index contributed by atoms with van der Waals surface area (Å²) in [7, 11) is 0. The molecule has 1 aliphatic rings. The molecule has 1 saturated heterocycles. The van der Waals surface area contributed by atoms with Crippen molar-refractivity contribution >= 4 is 40.8 Å². The van der Waals surface area contributed by atoms with Crippen LogP contribution in [0, 0.1) is 6.92 Å². The van der Waals surface area contributed by atoms with Crippen LogP contribution in [0.3, 0.4) is 0 Å². The minimum absolute atomic E-state index is 0.137. The number of carbonyl (C=O) groups excluding carboxylic acids is 2. The van der Waals surface area contributed by atoms with Gasteiger partial charge in [0.15, 0.2) is 0 Å². The van der Waals surface area contributed by atoms with Crippen LogP contribution in [-0.4, -0.2) is 47.4 Å². The van der Waals surface area contributed by atoms with Gasteiger partial charge in [0, 0.05) is 44.3 Å². The minimum Gasteiger partial charge on any atom is -0.370 e. The number of aryl methyl sites for hydroxylation is 1. The zero-order chi connectivity index (χ0) is 21.0. The van der Waals surface area contributed by atoms with Crippen LogP contribution in [0.4, 0.5) is 10.5 Å². The van der Waals surface area contributed by atoms with Gasteiger partial charge in [0.2, 0.25) is 5.91 Å². The number of halogens is 2. The highest BCUT2D eigenvalue weighted by atomic mass is 35.5. The fourth-order valence-electron chi connectivity index (χ4n) is 3.42. The number of benzene rings is 2. The molecule has 3 amide bonds. The van der Waals surface area contributed by atoms with Crippen LogP contribution in [0.15, 0.2) is 42.5 Å². The van der Waals surface area contributed by atoms with Gasteiger partial charge in [-0.25, -0.2) is 4.79 Å². The molecule has 1 unspecified atom stereocenters. The molecule has 0 saturated carbocycles. The number of hydrogen-bond acceptors (Lipinski definition) is 3. The smallest absolute Gasteiger partial charge is 0.321 e. The Balaban J connectivity index is 1.66. The van der Waals surface area contributed by atoms with Crippen molar-refractivity contribution in [3.05, 3.63) is 63.6 Å². The van der Waals surface area contributed by atoms with Gasteiger partial charge in [-0.05, 0) is 30.7 Å². The van der Waals surface area contributed by atoms with Crippen LogP contribution in [0.25, 0.3) is 0 Å². The molecule has 6 nitrogen and oxygen atoms in total. The molecule has 2 aromatic carbocycles. The molecule has 2 aromatic rings. The zero-order valence-electron chi connectivity index (χ0n) is 16.2. The molecule has 29 heavy (non-hydrogen) atoms. The number of urea groups is 1. The van der Waals surface area contributed by atoms with Crippen LogP contribution in [-0.2, 0) is 11.3 Å². The lowest BCUT2D eigenvalue weighted by atomic mass is 10.1. The average molecular weight is 435 g/mol. The fraction of sp³-hybridized carbons (Fsp3) is 0.333. The normalized spacial score (nSPS) is 17.2. The summed E-state index contributed by atoms with van der Waals surface area (Å²) in [4.78, 5) is 28.2. The number of amides is 3. The Morgan fingerprint density at radius 1 is 1.10 bits per heavy atom. The first-order chi connectivity index (χ1) is 13.8. The third-order valence-electron chi connectivity index (χ3n) is 5.01. The minimum atomic E-state index is -0.379. The van der Waals surface area contributed by atoms with Gasteiger partial charge in [-0.2, -0.15) is 0 Å². The van der Waals surface area contributed by atoms with E-state index in [4.69, 9.17) is 28.9 Å². The van der Waals surface area contributed by atoms with Gasteiger partial charge in [-0.3, -0.25) is 9.69 Å². The number of anilines is 1. The van der Waals surface area contributed by atoms with Crippen molar-refractivity contribution in [2.75, 3.05) is 25.0 Å². The molecule has 8 heteroatoms. The van der Waals surface area contributed by atoms with Crippen LogP contribution in [0.5, 0.6) is 0 Å². The molecule has 0 radical (unpaired) electrons. The van der Waals surface area contributed by atoms with Gasteiger partial charge < -0.3 is 16.0 Å². The molecule has 0 aliphatic carbocycles. The van der Waals surface area contributed by atoms with Gasteiger partial charge >= 0.3 is 6.03 Å². The Labute approximate surface area is 180 Å². The van der Waals surface area contributed by atoms with E-state index in [0.29, 0.717) is 41.9 Å². The number of carbonyl (C=O) groups is 2. The van der Waals surface area contributed by atoms with Crippen molar-refractivity contribution in [2.24, 2.45) is 5.73 Å². The van der Waals surface area contributed by atoms with Crippen molar-refractivity contribution in [2.45, 2.75) is 25.9 Å². The van der Waals surface area contributed by atoms with Gasteiger partial charge in [0.25, 0.3) is 0 Å². The first kappa shape index (κ1) is 21.4. The second-order valence-corrected chi connectivity index (χ2v) is 8.10. The maximum atomic E-state index is 12.7. The summed E-state index contributed by atoms with van der Waals surface area (Å²) >= 11 is 11.9. The number of primary amides is 1. The average Bonchev–Trinajstić information content (AvgIpc) is 2.67. The molecule has 1 fully saturated rings. The van der Waals surface area contributed by atoms with E-state index < -0.39 is 0 Å². The molecular weight excluding hydrogens is 411 g/mol. The number of rotatable bonds is 5. The van der Waals surface area contributed by atoms with Crippen molar-refractivity contribution < 1.29 is 9.59 Å². The monoisotopic (exact) mass is 434 g/mol. The Morgan fingerprint density at radius 3 is 2.48 bits per heavy atom. The number of nitrogens with zero attached hydrogens (tertiary/aromatic N) is 2. The lowest BCUT2D eigenvalue weighted by Gasteiger charge is -2.41. The number of nitrogens with two attached hydrogens (primary N) is 1. The van der Waals surface area contributed by atoms with Gasteiger partial charge in [-0.1, -0.05) is 53.0 Å². The van der Waals surface area contributed by atoms with E-state index >= 15 is 0 Å². The summed E-state index contributed by atoms with van der Waals surface area (Å²) in [5.41, 5.74) is 8.40. The Hall–Kier alpha value is -2.28. The Kier molecular flexibility index (Phi) is 7.00. The molecule has 0 spiro atoms. The van der Waals surface area contributed by atoms with Crippen molar-refractivity contribution in [1.82, 2.24) is 9.80 Å². The van der Waals surface area contributed by atoms with Crippen molar-refractivity contribution in [1.29, 1.82) is 0 Å². The predicted octanol–water partition coefficient (Wildman–Crippen LogP) is 3.90. The second kappa shape index (κ2) is 9.48. The Bertz CT molecular complexity index is 889. The molecular formula is C21H24Cl2N4O2. The lowest BCUT2D eigenvalue weighted by Crippen LogP contribution is -2.56. The molecule has 3 rings (SSSR count). The van der Waals surface area contributed by atoms with Gasteiger partial charge in [0.05, 0.1) is 10.0 Å². The van der Waals surface area contributed by atoms with E-state index in [-0.39, 0.29) is 24.4 Å². The molecule has 3 N–H and O–H groups in total. The summed E-state index contributed by atoms with van der Waals surface area (Å²) in [6, 6.07) is 12.9. The van der Waals surface area contributed by atoms with E-state index in [0.717, 1.165) is 0 Å². The third kappa shape index (κ3) is 5.85. The van der Waals surface area contributed by atoms with Crippen LogP contribution < -0.4 is 11.1 Å². The van der Waals surface area contributed by atoms with Crippen molar-refractivity contribution in [3.63, 3.8) is 0 Å². The lowest BCUT2D eigenvalue weighted by molar-refractivity contribution is -0.119. The van der Waals surface area contributed by atoms with Crippen LogP contribution in [0.1, 0.15) is 17.5 Å². The number of hydrogen-bond donors (Lipinski definition) is 2. The standard InChI is InChI=1S/C21H24Cl2N4O2/c1-14-2-4-15(5-3-14)12-26-8-9-27(13-17(26)11-20(24)28)21(29)25-16-6-7-18(22)19(23)10-16/h2-7,10,17H,8-9,11-13H2,1H3,(H2,24,28)(H,25,29). The van der Waals surface area contributed by atoms with Crippen LogP contribution in [0.2, 0.25) is 10.0 Å². The molecule has 154 valence electrons. The molecule has 1 aliphatic heterocycles. The largest absolute Gasteiger partial charge is 0.370 e. The molecule has 0 aromatic heterocycles. The fourth-order valence-corrected chi connectivity index (χ4v) is 3.71. The van der Waals surface area contributed by atoms with E-state index in [1.807, 2.05) is 6.92 Å². The summed E-state index contributed by atoms with van der Waals surface area (Å²) in [6.45, 7) is 4.38. The molecule has 1 heterocycles. The third-order valence-corrected chi connectivity index (χ3v) is 5.74. The molecule has 1 atom stereocenters. The molecule has 0 bridgehead atoms. The summed E-state index contributed by atoms with van der Waals surface area (Å²) < 4.78 is 0. The maximum Gasteiger partial charge on any atom is 0.321 e. The topological polar surface area (TPSA) is 78.7 Å². The highest BCUT2D eigenvalue weighted by molar-refractivity contribution is 6.42. The van der Waals surface area contributed by atoms with Crippen molar-refractivity contribution in [3.8, 4) is 0 Å². The van der Waals surface area contributed by atoms with E-state index in [2.05, 4.69) is 34.5 Å². The quantitative estimate of drug-likeness (QED) is 0.748. The summed E-state index contributed by atoms with van der Waals surface area (Å²) in [6.07, 6.45) is 0.197. The summed E-state index contributed by atoms with van der Waals surface area (Å²) in [5, 5.41) is 3.63. The maximum absolute atomic E-state index is 12.7. The Morgan fingerprint density at radius 2 is 1.83 bits per heavy atom. The second-order valence-electron chi connectivity index (χ2n) is 7.29. The highest BCUT2D eigenvalue weighted by Gasteiger charge is 2.30. The first-order valence-corrected chi connectivity index (χ1v) is 10.2. The van der Waals surface area contributed by atoms with E-state index in [1.54, 1.807) is 23.1 Å². The van der Waals surface area contributed by atoms with E-state index in [1.165, 1.54) is 11.1 Å². The number of piperazine rings is 1. The first-order valence-electron chi connectivity index (χ1n) is 9.40. The summed E-state index contributed by atoms with van der Waals surface area (Å²) in [5.74, 6) is -0.379. The van der Waals surface area contributed by atoms with E-state index in [9.17, 15) is 9.59 Å². The zero-order valence-corrected chi connectivity index (χ0v) is 17.7. The van der Waals surface area contributed by atoms with Gasteiger partial charge in [-0.15, -0.1) is 0 Å². The van der Waals surface area contributed by atoms with Crippen LogP contribution >= 0.6 is 23.2 Å². The number of nitrogens with one attached hydrogen (secondary N) is 1. The SMILES string of the molecule is Cc1ccc(CN2CCN(C(=O)Nc3ccc(Cl)c(Cl)c3)CC2CC(N)=O)cc1. The predicted molar refractivity (Wildman–Crippen MR) is 116 cm³/mol. The highest BCUT2D eigenvalue weighted by Crippen LogP contribution is 2.25.